The van der Waals surface area contributed by atoms with Crippen molar-refractivity contribution >= 4 is 23.2 Å². The maximum Gasteiger partial charge on any atom is 0.357 e. The van der Waals surface area contributed by atoms with Crippen LogP contribution in [0.1, 0.15) is 54.5 Å². The molecular formula is C17H26N2O4S. The Morgan fingerprint density at radius 1 is 1.38 bits per heavy atom. The molecule has 0 radical (unpaired) electrons. The number of carbonyl (C=O) groups is 2. The van der Waals surface area contributed by atoms with Crippen LogP contribution in [0.3, 0.4) is 0 Å². The van der Waals surface area contributed by atoms with E-state index in [1.54, 1.807) is 19.4 Å². The van der Waals surface area contributed by atoms with E-state index in [4.69, 9.17) is 9.47 Å². The Hall–Kier alpha value is -1.47. The van der Waals surface area contributed by atoms with E-state index in [0.717, 1.165) is 37.1 Å². The molecule has 1 aromatic heterocycles. The first kappa shape index (κ1) is 18.9. The second-order valence-corrected chi connectivity index (χ2v) is 6.88. The number of hydrogen-bond acceptors (Lipinski definition) is 6. The van der Waals surface area contributed by atoms with Gasteiger partial charge in [-0.1, -0.05) is 12.8 Å². The fourth-order valence-corrected chi connectivity index (χ4v) is 3.72. The summed E-state index contributed by atoms with van der Waals surface area (Å²) in [4.78, 5) is 30.7. The van der Waals surface area contributed by atoms with E-state index in [0.29, 0.717) is 32.0 Å². The van der Waals surface area contributed by atoms with Crippen molar-refractivity contribution in [2.45, 2.75) is 45.6 Å². The molecule has 1 heterocycles. The molecule has 0 N–H and O–H groups in total. The summed E-state index contributed by atoms with van der Waals surface area (Å²) in [5.74, 6) is -0.0680. The van der Waals surface area contributed by atoms with Crippen LogP contribution in [0.4, 0.5) is 0 Å². The summed E-state index contributed by atoms with van der Waals surface area (Å²) in [6.45, 7) is 3.82. The number of thiazole rings is 1. The van der Waals surface area contributed by atoms with Gasteiger partial charge in [0, 0.05) is 31.6 Å². The first-order valence-electron chi connectivity index (χ1n) is 8.55. The minimum absolute atomic E-state index is 0.136. The van der Waals surface area contributed by atoms with Crippen LogP contribution in [0, 0.1) is 5.92 Å². The van der Waals surface area contributed by atoms with Crippen LogP contribution in [-0.2, 0) is 20.8 Å². The summed E-state index contributed by atoms with van der Waals surface area (Å²) in [5, 5.41) is 2.46. The quantitative estimate of drug-likeness (QED) is 0.504. The maximum atomic E-state index is 12.8. The lowest BCUT2D eigenvalue weighted by molar-refractivity contribution is -0.136. The zero-order chi connectivity index (χ0) is 17.4. The van der Waals surface area contributed by atoms with Crippen molar-refractivity contribution in [3.8, 4) is 0 Å². The third kappa shape index (κ3) is 5.27. The first-order valence-corrected chi connectivity index (χ1v) is 9.43. The number of esters is 1. The molecule has 0 unspecified atom stereocenters. The van der Waals surface area contributed by atoms with E-state index in [1.807, 2.05) is 4.90 Å². The van der Waals surface area contributed by atoms with Gasteiger partial charge in [-0.3, -0.25) is 4.79 Å². The fraction of sp³-hybridized carbons (Fsp3) is 0.706. The van der Waals surface area contributed by atoms with Gasteiger partial charge in [-0.15, -0.1) is 11.3 Å². The lowest BCUT2D eigenvalue weighted by Crippen LogP contribution is -2.36. The van der Waals surface area contributed by atoms with Gasteiger partial charge in [0.05, 0.1) is 13.2 Å². The number of rotatable bonds is 9. The van der Waals surface area contributed by atoms with Crippen molar-refractivity contribution in [3.05, 3.63) is 16.1 Å². The van der Waals surface area contributed by atoms with Crippen molar-refractivity contribution in [1.29, 1.82) is 0 Å². The van der Waals surface area contributed by atoms with Crippen molar-refractivity contribution in [1.82, 2.24) is 9.88 Å². The predicted molar refractivity (Wildman–Crippen MR) is 91.9 cm³/mol. The third-order valence-electron chi connectivity index (χ3n) is 4.16. The number of hydrogen-bond donors (Lipinski definition) is 0. The molecule has 134 valence electrons. The van der Waals surface area contributed by atoms with E-state index in [9.17, 15) is 9.59 Å². The van der Waals surface area contributed by atoms with Crippen LogP contribution >= 0.6 is 11.3 Å². The predicted octanol–water partition coefficient (Wildman–Crippen LogP) is 2.88. The average molecular weight is 354 g/mol. The number of methoxy groups -OCH3 is 1. The fourth-order valence-electron chi connectivity index (χ4n) is 2.94. The molecule has 0 bridgehead atoms. The van der Waals surface area contributed by atoms with Crippen LogP contribution in [-0.4, -0.2) is 48.6 Å². The van der Waals surface area contributed by atoms with Crippen LogP contribution in [0.15, 0.2) is 5.38 Å². The van der Waals surface area contributed by atoms with Crippen molar-refractivity contribution < 1.29 is 19.1 Å². The number of aromatic nitrogens is 1. The van der Waals surface area contributed by atoms with Gasteiger partial charge < -0.3 is 14.4 Å². The second-order valence-electron chi connectivity index (χ2n) is 5.93. The van der Waals surface area contributed by atoms with Gasteiger partial charge in [0.1, 0.15) is 5.01 Å². The summed E-state index contributed by atoms with van der Waals surface area (Å²) in [7, 11) is 1.66. The Kier molecular flexibility index (Phi) is 7.65. The highest BCUT2D eigenvalue weighted by atomic mass is 32.1. The van der Waals surface area contributed by atoms with E-state index >= 15 is 0 Å². The van der Waals surface area contributed by atoms with Gasteiger partial charge in [-0.2, -0.15) is 0 Å². The van der Waals surface area contributed by atoms with Crippen molar-refractivity contribution in [2.75, 3.05) is 26.9 Å². The highest BCUT2D eigenvalue weighted by Gasteiger charge is 2.27. The van der Waals surface area contributed by atoms with Gasteiger partial charge in [-0.05, 0) is 26.2 Å². The number of carbonyl (C=O) groups excluding carboxylic acids is 2. The molecule has 1 aliphatic rings. The van der Waals surface area contributed by atoms with Crippen LogP contribution < -0.4 is 0 Å². The normalized spacial score (nSPS) is 14.8. The lowest BCUT2D eigenvalue weighted by atomic mass is 10.1. The van der Waals surface area contributed by atoms with Gasteiger partial charge in [-0.25, -0.2) is 9.78 Å². The molecule has 0 spiro atoms. The zero-order valence-electron chi connectivity index (χ0n) is 14.5. The Morgan fingerprint density at radius 2 is 2.12 bits per heavy atom. The van der Waals surface area contributed by atoms with Gasteiger partial charge in [0.15, 0.2) is 5.69 Å². The van der Waals surface area contributed by atoms with Crippen LogP contribution in [0.2, 0.25) is 0 Å². The SMILES string of the molecule is CCOC(=O)c1csc(CN(CCCOC)C(=O)C2CCCC2)n1. The molecule has 24 heavy (non-hydrogen) atoms. The number of nitrogens with zero attached hydrogens (tertiary/aromatic N) is 2. The monoisotopic (exact) mass is 354 g/mol. The molecule has 1 fully saturated rings. The van der Waals surface area contributed by atoms with Gasteiger partial charge in [0.25, 0.3) is 0 Å². The van der Waals surface area contributed by atoms with E-state index in [2.05, 4.69) is 4.98 Å². The Balaban J connectivity index is 2.01. The van der Waals surface area contributed by atoms with Crippen molar-refractivity contribution in [2.24, 2.45) is 5.92 Å². The van der Waals surface area contributed by atoms with E-state index < -0.39 is 5.97 Å². The highest BCUT2D eigenvalue weighted by molar-refractivity contribution is 7.09. The van der Waals surface area contributed by atoms with Crippen LogP contribution in [0.25, 0.3) is 0 Å². The number of amides is 1. The topological polar surface area (TPSA) is 68.7 Å². The molecule has 1 saturated carbocycles. The third-order valence-corrected chi connectivity index (χ3v) is 4.99. The maximum absolute atomic E-state index is 12.8. The van der Waals surface area contributed by atoms with E-state index in [1.165, 1.54) is 11.3 Å². The largest absolute Gasteiger partial charge is 0.461 e. The Morgan fingerprint density at radius 3 is 2.79 bits per heavy atom. The molecule has 0 aliphatic heterocycles. The molecule has 1 aliphatic carbocycles. The molecule has 0 saturated heterocycles. The van der Waals surface area contributed by atoms with E-state index in [-0.39, 0.29) is 11.8 Å². The lowest BCUT2D eigenvalue weighted by Gasteiger charge is -2.24. The average Bonchev–Trinajstić information content (AvgIpc) is 3.25. The highest BCUT2D eigenvalue weighted by Crippen LogP contribution is 2.27. The molecular weight excluding hydrogens is 328 g/mol. The summed E-state index contributed by atoms with van der Waals surface area (Å²) >= 11 is 1.39. The minimum atomic E-state index is -0.409. The van der Waals surface area contributed by atoms with Crippen molar-refractivity contribution in [3.63, 3.8) is 0 Å². The molecule has 2 rings (SSSR count). The number of ether oxygens (including phenoxy) is 2. The molecule has 1 amide bonds. The molecule has 6 nitrogen and oxygen atoms in total. The summed E-state index contributed by atoms with van der Waals surface area (Å²) in [6.07, 6.45) is 5.02. The zero-order valence-corrected chi connectivity index (χ0v) is 15.3. The Labute approximate surface area is 147 Å². The summed E-state index contributed by atoms with van der Waals surface area (Å²) in [5.41, 5.74) is 0.321. The first-order chi connectivity index (χ1) is 11.7. The molecule has 0 atom stereocenters. The standard InChI is InChI=1S/C17H26N2O4S/c1-3-23-17(21)14-12-24-15(18-14)11-19(9-6-10-22-2)16(20)13-7-4-5-8-13/h12-13H,3-11H2,1-2H3. The second kappa shape index (κ2) is 9.74. The smallest absolute Gasteiger partial charge is 0.357 e. The van der Waals surface area contributed by atoms with Gasteiger partial charge in [0.2, 0.25) is 5.91 Å². The summed E-state index contributed by atoms with van der Waals surface area (Å²) < 4.78 is 10.1. The van der Waals surface area contributed by atoms with Gasteiger partial charge >= 0.3 is 5.97 Å². The molecule has 7 heteroatoms. The molecule has 1 aromatic rings. The summed E-state index contributed by atoms with van der Waals surface area (Å²) in [6, 6.07) is 0. The minimum Gasteiger partial charge on any atom is -0.461 e. The molecule has 0 aromatic carbocycles. The van der Waals surface area contributed by atoms with Crippen LogP contribution in [0.5, 0.6) is 0 Å². The Bertz CT molecular complexity index is 540.